The van der Waals surface area contributed by atoms with Crippen LogP contribution in [0.15, 0.2) is 67.3 Å². The van der Waals surface area contributed by atoms with Crippen molar-refractivity contribution < 1.29 is 0 Å². The van der Waals surface area contributed by atoms with Crippen LogP contribution in [-0.2, 0) is 0 Å². The zero-order valence-electron chi connectivity index (χ0n) is 27.1. The Hall–Kier alpha value is -2.38. The van der Waals surface area contributed by atoms with Crippen molar-refractivity contribution in [2.45, 2.75) is 126 Å². The van der Waals surface area contributed by atoms with Crippen LogP contribution in [0.5, 0.6) is 0 Å². The molecule has 0 bridgehead atoms. The summed E-state index contributed by atoms with van der Waals surface area (Å²) in [6.45, 7) is 25.7. The number of aryl methyl sites for hydroxylation is 2. The van der Waals surface area contributed by atoms with Gasteiger partial charge in [0.2, 0.25) is 0 Å². The molecule has 0 amide bonds. The monoisotopic (exact) mass is 531 g/mol. The van der Waals surface area contributed by atoms with Crippen molar-refractivity contribution in [1.82, 2.24) is 0 Å². The van der Waals surface area contributed by atoms with E-state index >= 15 is 0 Å². The highest BCUT2D eigenvalue weighted by Crippen LogP contribution is 2.45. The lowest BCUT2D eigenvalue weighted by Gasteiger charge is -2.30. The van der Waals surface area contributed by atoms with Crippen molar-refractivity contribution in [1.29, 1.82) is 0 Å². The lowest BCUT2D eigenvalue weighted by Crippen LogP contribution is -2.19. The first kappa shape index (κ1) is 36.6. The van der Waals surface area contributed by atoms with Gasteiger partial charge in [-0.3, -0.25) is 0 Å². The Balaban J connectivity index is 0.00000113. The number of unbranched alkanes of at least 4 members (excludes halogenated alkanes) is 2. The maximum atomic E-state index is 6.66. The van der Waals surface area contributed by atoms with E-state index < -0.39 is 0 Å². The van der Waals surface area contributed by atoms with Gasteiger partial charge >= 0.3 is 0 Å². The predicted octanol–water partition coefficient (Wildman–Crippen LogP) is 12.2. The van der Waals surface area contributed by atoms with E-state index in [1.807, 2.05) is 13.8 Å². The second-order valence-corrected chi connectivity index (χ2v) is 10.5. The highest BCUT2D eigenvalue weighted by atomic mass is 14.6. The summed E-state index contributed by atoms with van der Waals surface area (Å²) >= 11 is 0. The molecule has 3 rings (SSSR count). The standard InChI is InChI=1S/C27H35N.C7H16.C2H6.C2H4/c1-5-7-9-22(10-8-6-2)27-24(21-14-11-19(3)12-15-21)18-26(28)23-16-13-20(4)17-25(23)27;1-4-6-7(3)5-2;2*1-2/h9,11-17,26H,5-8,10,18,28H2,1-4H3;7H,4-6H2,1-3H3;1-2H3;1-2H2/b22-9+;;;. The molecule has 2 N–H and O–H groups in total. The van der Waals surface area contributed by atoms with Crippen molar-refractivity contribution >= 4 is 11.1 Å². The Kier molecular flexibility index (Phi) is 20.1. The van der Waals surface area contributed by atoms with E-state index in [0.717, 1.165) is 25.2 Å². The number of nitrogens with two attached hydrogens (primary N) is 1. The topological polar surface area (TPSA) is 26.0 Å². The van der Waals surface area contributed by atoms with Gasteiger partial charge in [-0.15, -0.1) is 13.2 Å². The molecule has 0 aromatic heterocycles. The minimum Gasteiger partial charge on any atom is -0.324 e. The number of hydrogen-bond acceptors (Lipinski definition) is 1. The van der Waals surface area contributed by atoms with Crippen LogP contribution in [0.2, 0.25) is 0 Å². The Morgan fingerprint density at radius 2 is 1.54 bits per heavy atom. The fourth-order valence-electron chi connectivity index (χ4n) is 4.90. The highest BCUT2D eigenvalue weighted by molar-refractivity contribution is 6.01. The van der Waals surface area contributed by atoms with Crippen molar-refractivity contribution in [2.24, 2.45) is 11.7 Å². The van der Waals surface area contributed by atoms with E-state index in [1.165, 1.54) is 83.1 Å². The molecule has 218 valence electrons. The molecule has 2 unspecified atom stereocenters. The second kappa shape index (κ2) is 21.4. The van der Waals surface area contributed by atoms with E-state index in [9.17, 15) is 0 Å². The van der Waals surface area contributed by atoms with Gasteiger partial charge < -0.3 is 5.73 Å². The first-order chi connectivity index (χ1) is 18.9. The van der Waals surface area contributed by atoms with Gasteiger partial charge in [-0.25, -0.2) is 0 Å². The quantitative estimate of drug-likeness (QED) is 0.303. The predicted molar refractivity (Wildman–Crippen MR) is 180 cm³/mol. The minimum atomic E-state index is 0.0641. The van der Waals surface area contributed by atoms with Crippen LogP contribution in [0.1, 0.15) is 140 Å². The number of benzene rings is 2. The molecule has 1 heteroatoms. The summed E-state index contributed by atoms with van der Waals surface area (Å²) in [6.07, 6.45) is 13.4. The Morgan fingerprint density at radius 3 is 2.05 bits per heavy atom. The van der Waals surface area contributed by atoms with Crippen molar-refractivity contribution in [3.05, 3.63) is 95.1 Å². The Morgan fingerprint density at radius 1 is 0.923 bits per heavy atom. The van der Waals surface area contributed by atoms with Gasteiger partial charge in [0.05, 0.1) is 0 Å². The summed E-state index contributed by atoms with van der Waals surface area (Å²) in [4.78, 5) is 0. The fraction of sp³-hybridized carbons (Fsp3) is 0.526. The summed E-state index contributed by atoms with van der Waals surface area (Å²) in [5.74, 6) is 0.949. The SMILES string of the molecule is C=C.CC.CCC/C=C(\CCCC)C1=C(c2ccc(C)cc2)CC(N)c2ccc(C)cc21.CCCC(C)CC. The van der Waals surface area contributed by atoms with Gasteiger partial charge in [-0.2, -0.15) is 0 Å². The van der Waals surface area contributed by atoms with Crippen LogP contribution in [0.3, 0.4) is 0 Å². The third kappa shape index (κ3) is 12.1. The molecule has 2 aromatic carbocycles. The average molecular weight is 532 g/mol. The molecule has 2 aromatic rings. The van der Waals surface area contributed by atoms with E-state index in [0.29, 0.717) is 0 Å². The molecule has 0 spiro atoms. The summed E-state index contributed by atoms with van der Waals surface area (Å²) in [7, 11) is 0. The maximum absolute atomic E-state index is 6.66. The molecule has 39 heavy (non-hydrogen) atoms. The van der Waals surface area contributed by atoms with Gasteiger partial charge in [0.1, 0.15) is 0 Å². The smallest absolute Gasteiger partial charge is 0.0342 e. The highest BCUT2D eigenvalue weighted by Gasteiger charge is 2.27. The van der Waals surface area contributed by atoms with Gasteiger partial charge in [0.15, 0.2) is 0 Å². The van der Waals surface area contributed by atoms with Gasteiger partial charge in [-0.05, 0) is 78.9 Å². The van der Waals surface area contributed by atoms with Crippen LogP contribution in [0.25, 0.3) is 11.1 Å². The molecule has 0 saturated carbocycles. The third-order valence-electron chi connectivity index (χ3n) is 7.28. The van der Waals surface area contributed by atoms with Crippen molar-refractivity contribution in [3.63, 3.8) is 0 Å². The summed E-state index contributed by atoms with van der Waals surface area (Å²) in [6, 6.07) is 15.9. The molecule has 1 nitrogen and oxygen atoms in total. The minimum absolute atomic E-state index is 0.0641. The largest absolute Gasteiger partial charge is 0.324 e. The molecule has 1 aliphatic carbocycles. The first-order valence-electron chi connectivity index (χ1n) is 15.7. The van der Waals surface area contributed by atoms with Crippen LogP contribution >= 0.6 is 0 Å². The lowest BCUT2D eigenvalue weighted by atomic mass is 9.76. The van der Waals surface area contributed by atoms with Crippen LogP contribution in [0.4, 0.5) is 0 Å². The van der Waals surface area contributed by atoms with E-state index in [4.69, 9.17) is 5.73 Å². The maximum Gasteiger partial charge on any atom is 0.0342 e. The lowest BCUT2D eigenvalue weighted by molar-refractivity contribution is 0.509. The summed E-state index contributed by atoms with van der Waals surface area (Å²) in [5.41, 5.74) is 17.6. The molecule has 0 aliphatic heterocycles. The Labute approximate surface area is 243 Å². The molecule has 0 radical (unpaired) electrons. The molecule has 0 fully saturated rings. The van der Waals surface area contributed by atoms with E-state index in [1.54, 1.807) is 0 Å². The van der Waals surface area contributed by atoms with Gasteiger partial charge in [0, 0.05) is 6.04 Å². The summed E-state index contributed by atoms with van der Waals surface area (Å²) < 4.78 is 0. The van der Waals surface area contributed by atoms with E-state index in [-0.39, 0.29) is 6.04 Å². The normalized spacial score (nSPS) is 15.0. The number of allylic oxidation sites excluding steroid dienone is 3. The number of fused-ring (bicyclic) bond motifs is 1. The Bertz CT molecular complexity index is 976. The second-order valence-electron chi connectivity index (χ2n) is 10.5. The molecule has 0 saturated heterocycles. The van der Waals surface area contributed by atoms with Crippen LogP contribution < -0.4 is 5.73 Å². The zero-order valence-corrected chi connectivity index (χ0v) is 27.1. The van der Waals surface area contributed by atoms with Gasteiger partial charge in [0.25, 0.3) is 0 Å². The summed E-state index contributed by atoms with van der Waals surface area (Å²) in [5, 5.41) is 0. The van der Waals surface area contributed by atoms with Crippen LogP contribution in [0, 0.1) is 19.8 Å². The van der Waals surface area contributed by atoms with Crippen molar-refractivity contribution in [2.75, 3.05) is 0 Å². The number of rotatable bonds is 10. The molecule has 0 heterocycles. The molecule has 2 atom stereocenters. The number of hydrogen-bond donors (Lipinski definition) is 1. The zero-order chi connectivity index (χ0) is 29.8. The van der Waals surface area contributed by atoms with E-state index in [2.05, 4.69) is 110 Å². The van der Waals surface area contributed by atoms with Crippen molar-refractivity contribution in [3.8, 4) is 0 Å². The van der Waals surface area contributed by atoms with Crippen LogP contribution in [-0.4, -0.2) is 0 Å². The first-order valence-corrected chi connectivity index (χ1v) is 15.7. The molecular weight excluding hydrogens is 470 g/mol. The molecule has 1 aliphatic rings. The fourth-order valence-corrected chi connectivity index (χ4v) is 4.90. The average Bonchev–Trinajstić information content (AvgIpc) is 2.96. The third-order valence-corrected chi connectivity index (χ3v) is 7.28. The molecular formula is C38H61N. The van der Waals surface area contributed by atoms with Gasteiger partial charge in [-0.1, -0.05) is 140 Å².